The Hall–Kier alpha value is -5.46. The third-order valence-corrected chi connectivity index (χ3v) is 8.17. The van der Waals surface area contributed by atoms with E-state index in [-0.39, 0.29) is 18.5 Å². The van der Waals surface area contributed by atoms with Gasteiger partial charge in [-0.25, -0.2) is 29.1 Å². The molecular weight excluding hydrogens is 662 g/mol. The van der Waals surface area contributed by atoms with Crippen molar-refractivity contribution in [1.82, 2.24) is 29.5 Å². The van der Waals surface area contributed by atoms with Gasteiger partial charge in [0.2, 0.25) is 5.91 Å². The molecule has 1 fully saturated rings. The number of amides is 3. The summed E-state index contributed by atoms with van der Waals surface area (Å²) in [6.45, 7) is 11.7. The number of unbranched alkanes of at least 4 members (excludes halogenated alkanes) is 2. The maximum absolute atomic E-state index is 13.3. The summed E-state index contributed by atoms with van der Waals surface area (Å²) in [6.07, 6.45) is 6.76. The number of rotatable bonds is 10. The third kappa shape index (κ3) is 10.1. The Labute approximate surface area is 304 Å². The van der Waals surface area contributed by atoms with E-state index in [1.54, 1.807) is 47.6 Å². The highest BCUT2D eigenvalue weighted by Crippen LogP contribution is 2.35. The zero-order valence-corrected chi connectivity index (χ0v) is 30.9. The quantitative estimate of drug-likeness (QED) is 0.127. The van der Waals surface area contributed by atoms with Crippen LogP contribution in [0.15, 0.2) is 73.1 Å². The van der Waals surface area contributed by atoms with Crippen LogP contribution in [-0.4, -0.2) is 78.5 Å². The van der Waals surface area contributed by atoms with Crippen LogP contribution in [-0.2, 0) is 14.3 Å². The summed E-state index contributed by atoms with van der Waals surface area (Å²) in [4.78, 5) is 50.4. The van der Waals surface area contributed by atoms with E-state index < -0.39 is 23.4 Å². The molecule has 1 atom stereocenters. The lowest BCUT2D eigenvalue weighted by atomic mass is 10.1. The van der Waals surface area contributed by atoms with Crippen LogP contribution in [0.5, 0.6) is 11.5 Å². The number of hydrogen-bond acceptors (Lipinski definition) is 10. The SMILES string of the molecule is CC(C)(C)OC(=O)N(CCCC/C=C/C(=O)N1CCC[C@@H](n2nc(-c3ccc(Oc4ccccc4)cc3)c3c(N)ncnc32)C1)C(=O)OC(C)(C)C. The summed E-state index contributed by atoms with van der Waals surface area (Å²) in [5, 5.41) is 5.66. The minimum atomic E-state index is -0.757. The summed E-state index contributed by atoms with van der Waals surface area (Å²) >= 11 is 0. The number of nitrogens with zero attached hydrogens (tertiary/aromatic N) is 6. The average molecular weight is 712 g/mol. The van der Waals surface area contributed by atoms with Crippen LogP contribution in [0.3, 0.4) is 0 Å². The van der Waals surface area contributed by atoms with E-state index in [2.05, 4.69) is 9.97 Å². The summed E-state index contributed by atoms with van der Waals surface area (Å²) in [5.41, 5.74) is 6.99. The molecule has 0 radical (unpaired) electrons. The number of piperidine rings is 1. The molecule has 2 N–H and O–H groups in total. The van der Waals surface area contributed by atoms with Gasteiger partial charge in [0.15, 0.2) is 5.65 Å². The number of aromatic nitrogens is 4. The van der Waals surface area contributed by atoms with Gasteiger partial charge in [-0.2, -0.15) is 5.10 Å². The molecule has 0 spiro atoms. The second-order valence-electron chi connectivity index (χ2n) is 14.8. The molecule has 0 unspecified atom stereocenters. The lowest BCUT2D eigenvalue weighted by Gasteiger charge is -2.32. The van der Waals surface area contributed by atoms with E-state index in [4.69, 9.17) is 25.0 Å². The summed E-state index contributed by atoms with van der Waals surface area (Å²) in [7, 11) is 0. The molecule has 5 rings (SSSR count). The molecule has 0 aliphatic carbocycles. The number of ether oxygens (including phenoxy) is 3. The van der Waals surface area contributed by atoms with Crippen LogP contribution < -0.4 is 10.5 Å². The Morgan fingerprint density at radius 1 is 0.904 bits per heavy atom. The predicted octanol–water partition coefficient (Wildman–Crippen LogP) is 7.93. The van der Waals surface area contributed by atoms with Crippen LogP contribution in [0.2, 0.25) is 0 Å². The van der Waals surface area contributed by atoms with Crippen molar-refractivity contribution in [2.45, 2.75) is 90.9 Å². The number of para-hydroxylation sites is 1. The lowest BCUT2D eigenvalue weighted by Crippen LogP contribution is -2.44. The van der Waals surface area contributed by atoms with E-state index in [9.17, 15) is 14.4 Å². The second kappa shape index (κ2) is 16.3. The van der Waals surface area contributed by atoms with E-state index in [1.807, 2.05) is 70.3 Å². The Bertz CT molecular complexity index is 1850. The fourth-order valence-electron chi connectivity index (χ4n) is 5.82. The largest absolute Gasteiger partial charge is 0.457 e. The number of carbonyl (C=O) groups is 3. The van der Waals surface area contributed by atoms with E-state index in [1.165, 1.54) is 6.33 Å². The van der Waals surface area contributed by atoms with E-state index >= 15 is 0 Å². The standard InChI is InChI=1S/C39H49N7O6/c1-38(2,3)51-36(48)45(37(49)52-39(4,5)6)24-13-8-7-12-18-31(47)44-23-14-15-28(25-44)46-35-32(34(40)41-26-42-35)33(43-46)27-19-21-30(22-20-27)50-29-16-10-9-11-17-29/h9-12,16-22,26,28H,7-8,13-15,23-25H2,1-6H3,(H2,40,41,42)/b18-12+/t28-/m1/s1. The van der Waals surface area contributed by atoms with Crippen LogP contribution in [0.1, 0.15) is 79.7 Å². The van der Waals surface area contributed by atoms with Crippen LogP contribution >= 0.6 is 0 Å². The first-order valence-corrected chi connectivity index (χ1v) is 17.7. The number of hydrogen-bond donors (Lipinski definition) is 1. The molecule has 3 amide bonds. The highest BCUT2D eigenvalue weighted by molar-refractivity contribution is 5.98. The number of benzene rings is 2. The molecule has 1 aliphatic rings. The van der Waals surface area contributed by atoms with Crippen molar-refractivity contribution in [2.75, 3.05) is 25.4 Å². The molecule has 13 heteroatoms. The molecule has 1 aliphatic heterocycles. The van der Waals surface area contributed by atoms with Gasteiger partial charge in [-0.3, -0.25) is 4.79 Å². The first-order valence-electron chi connectivity index (χ1n) is 17.7. The minimum Gasteiger partial charge on any atom is -0.457 e. The summed E-state index contributed by atoms with van der Waals surface area (Å²) in [6, 6.07) is 17.1. The first-order chi connectivity index (χ1) is 24.7. The molecule has 0 saturated carbocycles. The van der Waals surface area contributed by atoms with E-state index in [0.29, 0.717) is 60.6 Å². The van der Waals surface area contributed by atoms with Gasteiger partial charge >= 0.3 is 12.2 Å². The van der Waals surface area contributed by atoms with Crippen molar-refractivity contribution in [1.29, 1.82) is 0 Å². The number of fused-ring (bicyclic) bond motifs is 1. The minimum absolute atomic E-state index is 0.0892. The van der Waals surface area contributed by atoms with Gasteiger partial charge in [0.05, 0.1) is 11.4 Å². The monoisotopic (exact) mass is 711 g/mol. The molecular formula is C39H49N7O6. The van der Waals surface area contributed by atoms with Gasteiger partial charge < -0.3 is 24.8 Å². The third-order valence-electron chi connectivity index (χ3n) is 8.17. The molecule has 3 heterocycles. The van der Waals surface area contributed by atoms with Crippen LogP contribution in [0.25, 0.3) is 22.3 Å². The molecule has 2 aromatic carbocycles. The Kier molecular flexibility index (Phi) is 11.8. The topological polar surface area (TPSA) is 155 Å². The van der Waals surface area contributed by atoms with Crippen LogP contribution in [0.4, 0.5) is 15.4 Å². The normalized spacial score (nSPS) is 15.1. The number of imide groups is 1. The zero-order chi connectivity index (χ0) is 37.5. The summed E-state index contributed by atoms with van der Waals surface area (Å²) in [5.74, 6) is 1.69. The Morgan fingerprint density at radius 3 is 2.21 bits per heavy atom. The fourth-order valence-corrected chi connectivity index (χ4v) is 5.82. The Balaban J connectivity index is 1.20. The number of nitrogen functional groups attached to an aromatic ring is 1. The lowest BCUT2D eigenvalue weighted by molar-refractivity contribution is -0.127. The van der Waals surface area contributed by atoms with Crippen molar-refractivity contribution >= 4 is 34.9 Å². The molecule has 1 saturated heterocycles. The van der Waals surface area contributed by atoms with Crippen LogP contribution in [0, 0.1) is 0 Å². The smallest absolute Gasteiger partial charge is 0.419 e. The van der Waals surface area contributed by atoms with Gasteiger partial charge in [-0.05, 0) is 116 Å². The van der Waals surface area contributed by atoms with Gasteiger partial charge in [-0.15, -0.1) is 0 Å². The maximum Gasteiger partial charge on any atom is 0.419 e. The van der Waals surface area contributed by atoms with Gasteiger partial charge in [0.1, 0.15) is 40.5 Å². The molecule has 13 nitrogen and oxygen atoms in total. The predicted molar refractivity (Wildman–Crippen MR) is 199 cm³/mol. The number of allylic oxidation sites excluding steroid dienone is 1. The molecule has 4 aromatic rings. The van der Waals surface area contributed by atoms with Crippen molar-refractivity contribution in [3.63, 3.8) is 0 Å². The number of anilines is 1. The fraction of sp³-hybridized carbons (Fsp3) is 0.436. The summed E-state index contributed by atoms with van der Waals surface area (Å²) < 4.78 is 18.7. The number of carbonyl (C=O) groups excluding carboxylic acids is 3. The highest BCUT2D eigenvalue weighted by Gasteiger charge is 2.31. The second-order valence-corrected chi connectivity index (χ2v) is 14.8. The highest BCUT2D eigenvalue weighted by atomic mass is 16.6. The van der Waals surface area contributed by atoms with E-state index in [0.717, 1.165) is 29.1 Å². The number of nitrogens with two attached hydrogens (primary N) is 1. The Morgan fingerprint density at radius 2 is 1.56 bits per heavy atom. The maximum atomic E-state index is 13.3. The van der Waals surface area contributed by atoms with Crippen molar-refractivity contribution in [2.24, 2.45) is 0 Å². The molecule has 2 aromatic heterocycles. The van der Waals surface area contributed by atoms with Gasteiger partial charge in [-0.1, -0.05) is 24.3 Å². The van der Waals surface area contributed by atoms with Gasteiger partial charge in [0, 0.05) is 25.2 Å². The van der Waals surface area contributed by atoms with Crippen molar-refractivity contribution < 1.29 is 28.6 Å². The number of likely N-dealkylation sites (tertiary alicyclic amines) is 1. The molecule has 0 bridgehead atoms. The zero-order valence-electron chi connectivity index (χ0n) is 30.9. The molecule has 276 valence electrons. The first kappa shape index (κ1) is 37.8. The van der Waals surface area contributed by atoms with Crippen molar-refractivity contribution in [3.8, 4) is 22.8 Å². The van der Waals surface area contributed by atoms with Crippen molar-refractivity contribution in [3.05, 3.63) is 73.1 Å². The molecule has 52 heavy (non-hydrogen) atoms. The average Bonchev–Trinajstić information content (AvgIpc) is 3.48. The van der Waals surface area contributed by atoms with Gasteiger partial charge in [0.25, 0.3) is 0 Å².